The molecule has 3 aromatic carbocycles. The first-order valence-corrected chi connectivity index (χ1v) is 11.2. The second kappa shape index (κ2) is 13.3. The van der Waals surface area contributed by atoms with Gasteiger partial charge in [-0.25, -0.2) is 10.2 Å². The zero-order valence-corrected chi connectivity index (χ0v) is 20.0. The van der Waals surface area contributed by atoms with Crippen LogP contribution in [-0.4, -0.2) is 44.8 Å². The average Bonchev–Trinajstić information content (AvgIpc) is 2.91. The molecule has 3 aromatic rings. The number of benzene rings is 3. The summed E-state index contributed by atoms with van der Waals surface area (Å²) in [5.74, 6) is 0.328. The number of nitrogens with one attached hydrogen (secondary N) is 2. The molecular formula is C27H27N3O6. The van der Waals surface area contributed by atoms with E-state index in [0.29, 0.717) is 46.9 Å². The standard InChI is InChI=1S/C27H27N3O6/c1-34-23-14-13-21(17-24(23)35-2)26(32)28-15-7-12-25(31)30-29-18-19-8-6-11-22(16-19)36-27(33)20-9-4-3-5-10-20/h3-6,8-11,13-14,16-18H,7,12,15H2,1-2H3,(H,28,32)(H,30,31). The van der Waals surface area contributed by atoms with Crippen molar-refractivity contribution in [3.63, 3.8) is 0 Å². The third kappa shape index (κ3) is 7.69. The Morgan fingerprint density at radius 2 is 1.64 bits per heavy atom. The summed E-state index contributed by atoms with van der Waals surface area (Å²) in [6, 6.07) is 20.3. The van der Waals surface area contributed by atoms with Crippen LogP contribution in [0.15, 0.2) is 77.9 Å². The molecule has 0 saturated heterocycles. The molecule has 2 N–H and O–H groups in total. The van der Waals surface area contributed by atoms with Gasteiger partial charge in [0.1, 0.15) is 5.75 Å². The van der Waals surface area contributed by atoms with Gasteiger partial charge >= 0.3 is 5.97 Å². The van der Waals surface area contributed by atoms with Crippen molar-refractivity contribution in [1.82, 2.24) is 10.7 Å². The van der Waals surface area contributed by atoms with Crippen LogP contribution >= 0.6 is 0 Å². The molecule has 2 amide bonds. The Labute approximate surface area is 209 Å². The van der Waals surface area contributed by atoms with E-state index in [1.807, 2.05) is 6.07 Å². The molecule has 9 nitrogen and oxygen atoms in total. The van der Waals surface area contributed by atoms with Crippen LogP contribution in [0.4, 0.5) is 0 Å². The first-order chi connectivity index (χ1) is 17.5. The highest BCUT2D eigenvalue weighted by Crippen LogP contribution is 2.27. The molecule has 0 aromatic heterocycles. The molecule has 0 spiro atoms. The topological polar surface area (TPSA) is 115 Å². The number of hydrogen-bond acceptors (Lipinski definition) is 7. The van der Waals surface area contributed by atoms with Gasteiger partial charge in [-0.1, -0.05) is 30.3 Å². The molecule has 0 radical (unpaired) electrons. The first kappa shape index (κ1) is 26.0. The van der Waals surface area contributed by atoms with Gasteiger partial charge in [0.05, 0.1) is 26.0 Å². The van der Waals surface area contributed by atoms with E-state index in [2.05, 4.69) is 15.8 Å². The van der Waals surface area contributed by atoms with Gasteiger partial charge in [-0.2, -0.15) is 5.10 Å². The fourth-order valence-corrected chi connectivity index (χ4v) is 3.16. The van der Waals surface area contributed by atoms with Crippen molar-refractivity contribution < 1.29 is 28.6 Å². The summed E-state index contributed by atoms with van der Waals surface area (Å²) in [7, 11) is 3.02. The number of rotatable bonds is 11. The molecule has 0 fully saturated rings. The lowest BCUT2D eigenvalue weighted by atomic mass is 10.2. The van der Waals surface area contributed by atoms with E-state index < -0.39 is 5.97 Å². The number of esters is 1. The van der Waals surface area contributed by atoms with Crippen LogP contribution in [0.3, 0.4) is 0 Å². The molecule has 36 heavy (non-hydrogen) atoms. The van der Waals surface area contributed by atoms with Crippen LogP contribution in [0, 0.1) is 0 Å². The molecule has 0 aliphatic heterocycles. The molecule has 0 heterocycles. The molecule has 3 rings (SSSR count). The van der Waals surface area contributed by atoms with E-state index in [4.69, 9.17) is 14.2 Å². The number of hydrazone groups is 1. The molecule has 0 saturated carbocycles. The van der Waals surface area contributed by atoms with E-state index in [1.165, 1.54) is 20.4 Å². The highest BCUT2D eigenvalue weighted by Gasteiger charge is 2.11. The quantitative estimate of drug-likeness (QED) is 0.140. The molecule has 0 unspecified atom stereocenters. The molecule has 0 bridgehead atoms. The fourth-order valence-electron chi connectivity index (χ4n) is 3.16. The second-order valence-corrected chi connectivity index (χ2v) is 7.55. The number of nitrogens with zero attached hydrogens (tertiary/aromatic N) is 1. The van der Waals surface area contributed by atoms with Crippen molar-refractivity contribution in [3.05, 3.63) is 89.5 Å². The Bertz CT molecular complexity index is 1230. The zero-order valence-electron chi connectivity index (χ0n) is 20.0. The van der Waals surface area contributed by atoms with Crippen LogP contribution in [0.5, 0.6) is 17.2 Å². The van der Waals surface area contributed by atoms with Crippen molar-refractivity contribution in [1.29, 1.82) is 0 Å². The predicted molar refractivity (Wildman–Crippen MR) is 135 cm³/mol. The molecule has 0 aliphatic rings. The van der Waals surface area contributed by atoms with Crippen molar-refractivity contribution in [2.24, 2.45) is 5.10 Å². The molecular weight excluding hydrogens is 462 g/mol. The number of carbonyl (C=O) groups is 3. The van der Waals surface area contributed by atoms with Crippen LogP contribution in [0.25, 0.3) is 0 Å². The second-order valence-electron chi connectivity index (χ2n) is 7.55. The normalized spacial score (nSPS) is 10.5. The van der Waals surface area contributed by atoms with E-state index in [9.17, 15) is 14.4 Å². The van der Waals surface area contributed by atoms with E-state index in [0.717, 1.165) is 0 Å². The summed E-state index contributed by atoms with van der Waals surface area (Å²) in [5.41, 5.74) is 3.97. The average molecular weight is 490 g/mol. The fraction of sp³-hybridized carbons (Fsp3) is 0.185. The van der Waals surface area contributed by atoms with E-state index in [1.54, 1.807) is 66.7 Å². The van der Waals surface area contributed by atoms with E-state index in [-0.39, 0.29) is 18.2 Å². The monoisotopic (exact) mass is 489 g/mol. The number of methoxy groups -OCH3 is 2. The number of carbonyl (C=O) groups excluding carboxylic acids is 3. The summed E-state index contributed by atoms with van der Waals surface area (Å²) in [4.78, 5) is 36.5. The lowest BCUT2D eigenvalue weighted by Crippen LogP contribution is -2.26. The smallest absolute Gasteiger partial charge is 0.343 e. The van der Waals surface area contributed by atoms with Crippen molar-refractivity contribution in [2.45, 2.75) is 12.8 Å². The number of amides is 2. The van der Waals surface area contributed by atoms with Crippen LogP contribution in [0.2, 0.25) is 0 Å². The summed E-state index contributed by atoms with van der Waals surface area (Å²) < 4.78 is 15.7. The third-order valence-corrected chi connectivity index (χ3v) is 4.99. The highest BCUT2D eigenvalue weighted by molar-refractivity contribution is 5.95. The van der Waals surface area contributed by atoms with Gasteiger partial charge in [0.25, 0.3) is 5.91 Å². The SMILES string of the molecule is COc1ccc(C(=O)NCCCC(=O)NN=Cc2cccc(OC(=O)c3ccccc3)c2)cc1OC. The molecule has 0 aliphatic carbocycles. The third-order valence-electron chi connectivity index (χ3n) is 4.99. The maximum Gasteiger partial charge on any atom is 0.343 e. The predicted octanol–water partition coefficient (Wildman–Crippen LogP) is 3.58. The molecule has 186 valence electrons. The van der Waals surface area contributed by atoms with E-state index >= 15 is 0 Å². The summed E-state index contributed by atoms with van der Waals surface area (Å²) in [6.07, 6.45) is 2.07. The van der Waals surface area contributed by atoms with Crippen LogP contribution in [-0.2, 0) is 4.79 Å². The van der Waals surface area contributed by atoms with Gasteiger partial charge in [0.15, 0.2) is 11.5 Å². The van der Waals surface area contributed by atoms with Crippen molar-refractivity contribution in [3.8, 4) is 17.2 Å². The van der Waals surface area contributed by atoms with Gasteiger partial charge in [0.2, 0.25) is 5.91 Å². The molecule has 0 atom stereocenters. The highest BCUT2D eigenvalue weighted by atomic mass is 16.5. The van der Waals surface area contributed by atoms with Gasteiger partial charge < -0.3 is 19.5 Å². The lowest BCUT2D eigenvalue weighted by molar-refractivity contribution is -0.121. The van der Waals surface area contributed by atoms with Crippen molar-refractivity contribution >= 4 is 24.0 Å². The minimum atomic E-state index is -0.462. The van der Waals surface area contributed by atoms with Gasteiger partial charge in [-0.3, -0.25) is 9.59 Å². The largest absolute Gasteiger partial charge is 0.493 e. The summed E-state index contributed by atoms with van der Waals surface area (Å²) in [5, 5.41) is 6.70. The Kier molecular flexibility index (Phi) is 9.58. The Balaban J connectivity index is 1.40. The first-order valence-electron chi connectivity index (χ1n) is 11.2. The summed E-state index contributed by atoms with van der Waals surface area (Å²) >= 11 is 0. The number of ether oxygens (including phenoxy) is 3. The maximum atomic E-state index is 12.3. The minimum Gasteiger partial charge on any atom is -0.493 e. The lowest BCUT2D eigenvalue weighted by Gasteiger charge is -2.10. The Morgan fingerprint density at radius 1 is 0.861 bits per heavy atom. The van der Waals surface area contributed by atoms with Gasteiger partial charge in [-0.15, -0.1) is 0 Å². The van der Waals surface area contributed by atoms with Crippen molar-refractivity contribution in [2.75, 3.05) is 20.8 Å². The minimum absolute atomic E-state index is 0.179. The number of hydrogen-bond donors (Lipinski definition) is 2. The molecule has 9 heteroatoms. The van der Waals surface area contributed by atoms with Crippen LogP contribution in [0.1, 0.15) is 39.1 Å². The Hall–Kier alpha value is -4.66. The Morgan fingerprint density at radius 3 is 2.39 bits per heavy atom. The van der Waals surface area contributed by atoms with Gasteiger partial charge in [0, 0.05) is 18.5 Å². The van der Waals surface area contributed by atoms with Crippen LogP contribution < -0.4 is 25.0 Å². The van der Waals surface area contributed by atoms with Gasteiger partial charge in [-0.05, 0) is 54.4 Å². The summed E-state index contributed by atoms with van der Waals surface area (Å²) in [6.45, 7) is 0.319. The zero-order chi connectivity index (χ0) is 25.8. The maximum absolute atomic E-state index is 12.3.